The molecule has 0 spiro atoms. The number of unbranched alkanes of at least 4 members (excludes halogenated alkanes) is 31. The average molecular weight is 938 g/mol. The molecule has 0 aliphatic carbocycles. The molecule has 0 aromatic heterocycles. The minimum absolute atomic E-state index is 0.0928. The lowest BCUT2D eigenvalue weighted by Gasteiger charge is -2.18. The zero-order chi connectivity index (χ0) is 48.6. The highest BCUT2D eigenvalue weighted by Gasteiger charge is 2.19. The van der Waals surface area contributed by atoms with E-state index < -0.39 is 6.10 Å². The van der Waals surface area contributed by atoms with Gasteiger partial charge in [0.25, 0.3) is 0 Å². The highest BCUT2D eigenvalue weighted by atomic mass is 16.6. The summed E-state index contributed by atoms with van der Waals surface area (Å²) in [6.07, 6.45) is 69.3. The second-order valence-electron chi connectivity index (χ2n) is 19.2. The van der Waals surface area contributed by atoms with E-state index in [1.165, 1.54) is 167 Å². The van der Waals surface area contributed by atoms with E-state index in [4.69, 9.17) is 14.2 Å². The number of esters is 3. The van der Waals surface area contributed by atoms with E-state index in [0.29, 0.717) is 19.3 Å². The maximum Gasteiger partial charge on any atom is 0.306 e. The predicted octanol–water partition coefficient (Wildman–Crippen LogP) is 19.2. The summed E-state index contributed by atoms with van der Waals surface area (Å²) in [6.45, 7) is 6.51. The quantitative estimate of drug-likeness (QED) is 0.0262. The summed E-state index contributed by atoms with van der Waals surface area (Å²) in [5.41, 5.74) is 0. The fourth-order valence-corrected chi connectivity index (χ4v) is 8.24. The molecule has 0 fully saturated rings. The molecule has 6 nitrogen and oxygen atoms in total. The molecule has 0 aliphatic heterocycles. The lowest BCUT2D eigenvalue weighted by molar-refractivity contribution is -0.167. The number of rotatable bonds is 52. The van der Waals surface area contributed by atoms with Crippen LogP contribution in [0.1, 0.15) is 290 Å². The second-order valence-corrected chi connectivity index (χ2v) is 19.2. The van der Waals surface area contributed by atoms with Crippen LogP contribution < -0.4 is 0 Å². The van der Waals surface area contributed by atoms with Crippen LogP contribution in [0.25, 0.3) is 0 Å². The minimum atomic E-state index is -0.800. The molecule has 0 radical (unpaired) electrons. The van der Waals surface area contributed by atoms with Crippen molar-refractivity contribution in [1.29, 1.82) is 0 Å². The van der Waals surface area contributed by atoms with Crippen LogP contribution in [0, 0.1) is 0 Å². The van der Waals surface area contributed by atoms with Crippen LogP contribution in [0.15, 0.2) is 60.8 Å². The molecule has 0 heterocycles. The van der Waals surface area contributed by atoms with E-state index >= 15 is 0 Å². The molecule has 6 heteroatoms. The van der Waals surface area contributed by atoms with E-state index in [-0.39, 0.29) is 37.5 Å². The lowest BCUT2D eigenvalue weighted by atomic mass is 10.0. The van der Waals surface area contributed by atoms with Gasteiger partial charge < -0.3 is 14.2 Å². The Balaban J connectivity index is 4.40. The minimum Gasteiger partial charge on any atom is -0.462 e. The van der Waals surface area contributed by atoms with Crippen molar-refractivity contribution in [1.82, 2.24) is 0 Å². The van der Waals surface area contributed by atoms with Crippen molar-refractivity contribution in [3.63, 3.8) is 0 Å². The fraction of sp³-hybridized carbons (Fsp3) is 0.787. The first kappa shape index (κ1) is 64.1. The third-order valence-corrected chi connectivity index (χ3v) is 12.5. The average Bonchev–Trinajstić information content (AvgIpc) is 3.33. The van der Waals surface area contributed by atoms with Crippen LogP contribution in [0.2, 0.25) is 0 Å². The Labute approximate surface area is 415 Å². The van der Waals surface area contributed by atoms with Crippen molar-refractivity contribution < 1.29 is 28.6 Å². The molecule has 0 N–H and O–H groups in total. The number of allylic oxidation sites excluding steroid dienone is 10. The van der Waals surface area contributed by atoms with Gasteiger partial charge in [0.2, 0.25) is 0 Å². The Hall–Kier alpha value is -2.89. The predicted molar refractivity (Wildman–Crippen MR) is 288 cm³/mol. The van der Waals surface area contributed by atoms with Crippen molar-refractivity contribution in [2.45, 2.75) is 297 Å². The van der Waals surface area contributed by atoms with Gasteiger partial charge in [0, 0.05) is 19.3 Å². The van der Waals surface area contributed by atoms with E-state index in [0.717, 1.165) is 77.0 Å². The van der Waals surface area contributed by atoms with Gasteiger partial charge in [0.05, 0.1) is 0 Å². The zero-order valence-electron chi connectivity index (χ0n) is 44.4. The normalized spacial score (nSPS) is 12.5. The largest absolute Gasteiger partial charge is 0.462 e. The number of carbonyl (C=O) groups is 3. The van der Waals surface area contributed by atoms with Crippen LogP contribution in [0.5, 0.6) is 0 Å². The summed E-state index contributed by atoms with van der Waals surface area (Å²) in [5.74, 6) is -0.938. The summed E-state index contributed by atoms with van der Waals surface area (Å²) < 4.78 is 16.8. The molecule has 1 atom stereocenters. The Bertz CT molecular complexity index is 1210. The summed E-state index contributed by atoms with van der Waals surface area (Å²) >= 11 is 0. The van der Waals surface area contributed by atoms with E-state index in [2.05, 4.69) is 81.5 Å². The SMILES string of the molecule is CC/C=C/C/C=C/C/C=C/C/C=C/C/C=C/CCCC(=O)O[C@H](COC(=O)CCCCCCCCCCCCCCC)COC(=O)CCCCCCCCCCCCCCCCCCCCC. The van der Waals surface area contributed by atoms with Gasteiger partial charge in [0.1, 0.15) is 13.2 Å². The van der Waals surface area contributed by atoms with Gasteiger partial charge in [-0.1, -0.05) is 274 Å². The van der Waals surface area contributed by atoms with Gasteiger partial charge in [-0.3, -0.25) is 14.4 Å². The van der Waals surface area contributed by atoms with E-state index in [9.17, 15) is 14.4 Å². The second kappa shape index (κ2) is 55.7. The molecular weight excluding hydrogens is 829 g/mol. The van der Waals surface area contributed by atoms with Crippen LogP contribution in [-0.2, 0) is 28.6 Å². The van der Waals surface area contributed by atoms with E-state index in [1.54, 1.807) is 0 Å². The molecule has 0 unspecified atom stereocenters. The van der Waals surface area contributed by atoms with E-state index in [1.807, 2.05) is 0 Å². The van der Waals surface area contributed by atoms with Gasteiger partial charge >= 0.3 is 17.9 Å². The summed E-state index contributed by atoms with van der Waals surface area (Å²) in [5, 5.41) is 0. The Morgan fingerprint density at radius 1 is 0.313 bits per heavy atom. The molecule has 0 bridgehead atoms. The molecule has 0 rings (SSSR count). The smallest absolute Gasteiger partial charge is 0.306 e. The summed E-state index contributed by atoms with van der Waals surface area (Å²) in [7, 11) is 0. The molecular formula is C61H108O6. The van der Waals surface area contributed by atoms with Gasteiger partial charge in [-0.25, -0.2) is 0 Å². The third kappa shape index (κ3) is 53.9. The molecule has 0 amide bonds. The Morgan fingerprint density at radius 2 is 0.582 bits per heavy atom. The standard InChI is InChI=1S/C61H108O6/c1-4-7-10-13-16-19-22-25-27-29-30-32-33-36-39-42-45-48-51-54-60(63)66-57-58(56-65-59(62)53-50-47-44-41-38-35-24-21-18-15-12-9-6-3)67-61(64)55-52-49-46-43-40-37-34-31-28-26-23-20-17-14-11-8-5-2/h8,11,17,20,26,28,34,37,43,46,58H,4-7,9-10,12-16,18-19,21-25,27,29-33,35-36,38-42,44-45,47-57H2,1-3H3/b11-8+,20-17+,28-26+,37-34+,46-43+/t58-/m1/s1. The van der Waals surface area contributed by atoms with Crippen LogP contribution in [0.4, 0.5) is 0 Å². The summed E-state index contributed by atoms with van der Waals surface area (Å²) in [4.78, 5) is 38.1. The monoisotopic (exact) mass is 937 g/mol. The maximum absolute atomic E-state index is 12.8. The summed E-state index contributed by atoms with van der Waals surface area (Å²) in [6, 6.07) is 0. The molecule has 0 saturated carbocycles. The molecule has 388 valence electrons. The molecule has 0 aromatic rings. The van der Waals surface area contributed by atoms with Gasteiger partial charge in [-0.05, 0) is 57.8 Å². The zero-order valence-corrected chi connectivity index (χ0v) is 44.4. The number of ether oxygens (including phenoxy) is 3. The Kier molecular flexibility index (Phi) is 53.3. The van der Waals surface area contributed by atoms with Gasteiger partial charge in [0.15, 0.2) is 6.10 Å². The van der Waals surface area contributed by atoms with Crippen molar-refractivity contribution in [2.24, 2.45) is 0 Å². The first-order valence-corrected chi connectivity index (χ1v) is 28.8. The highest BCUT2D eigenvalue weighted by Crippen LogP contribution is 2.17. The fourth-order valence-electron chi connectivity index (χ4n) is 8.24. The molecule has 67 heavy (non-hydrogen) atoms. The molecule has 0 aromatic carbocycles. The van der Waals surface area contributed by atoms with Crippen LogP contribution >= 0.6 is 0 Å². The molecule has 0 aliphatic rings. The van der Waals surface area contributed by atoms with Crippen molar-refractivity contribution >= 4 is 17.9 Å². The molecule has 0 saturated heterocycles. The lowest BCUT2D eigenvalue weighted by Crippen LogP contribution is -2.30. The number of hydrogen-bond acceptors (Lipinski definition) is 6. The highest BCUT2D eigenvalue weighted by molar-refractivity contribution is 5.71. The number of hydrogen-bond donors (Lipinski definition) is 0. The number of carbonyl (C=O) groups excluding carboxylic acids is 3. The topological polar surface area (TPSA) is 78.9 Å². The van der Waals surface area contributed by atoms with Crippen LogP contribution in [0.3, 0.4) is 0 Å². The van der Waals surface area contributed by atoms with Gasteiger partial charge in [-0.15, -0.1) is 0 Å². The van der Waals surface area contributed by atoms with Crippen LogP contribution in [-0.4, -0.2) is 37.2 Å². The van der Waals surface area contributed by atoms with Crippen molar-refractivity contribution in [3.8, 4) is 0 Å². The maximum atomic E-state index is 12.8. The van der Waals surface area contributed by atoms with Gasteiger partial charge in [-0.2, -0.15) is 0 Å². The van der Waals surface area contributed by atoms with Crippen molar-refractivity contribution in [2.75, 3.05) is 13.2 Å². The van der Waals surface area contributed by atoms with Crippen molar-refractivity contribution in [3.05, 3.63) is 60.8 Å². The Morgan fingerprint density at radius 3 is 0.896 bits per heavy atom. The third-order valence-electron chi connectivity index (χ3n) is 12.5. The first-order valence-electron chi connectivity index (χ1n) is 28.8. The first-order chi connectivity index (χ1) is 33.0.